The molecule has 3 N–H and O–H groups in total. The minimum atomic E-state index is -1.51. The second kappa shape index (κ2) is 46.5. The zero-order chi connectivity index (χ0) is 86.2. The first-order valence-corrected chi connectivity index (χ1v) is 42.8. The van der Waals surface area contributed by atoms with Crippen LogP contribution in [0.15, 0.2) is 360 Å². The fraction of sp³-hybridized carbons (Fsp3) is 0.189. The Bertz CT molecular complexity index is 5960. The predicted octanol–water partition coefficient (Wildman–Crippen LogP) is 23.4. The van der Waals surface area contributed by atoms with Crippen LogP contribution in [0.4, 0.5) is 4.79 Å². The smallest absolute Gasteiger partial charge is 0.448 e. The number of rotatable bonds is 18. The molecule has 3 aromatic heterocycles. The van der Waals surface area contributed by atoms with Gasteiger partial charge in [0.15, 0.2) is 41.2 Å². The normalized spacial score (nSPS) is 14.4. The number of hydrogen-bond acceptors (Lipinski definition) is 16. The number of oxazole rings is 3. The predicted molar refractivity (Wildman–Crippen MR) is 501 cm³/mol. The van der Waals surface area contributed by atoms with Crippen LogP contribution in [0.2, 0.25) is 0 Å². The van der Waals surface area contributed by atoms with Gasteiger partial charge in [-0.15, -0.1) is 0 Å². The molecule has 17 nitrogen and oxygen atoms in total. The van der Waals surface area contributed by atoms with Crippen LogP contribution >= 0.6 is 15.9 Å². The Labute approximate surface area is 740 Å². The number of nitriles is 1. The van der Waals surface area contributed by atoms with Crippen molar-refractivity contribution in [1.29, 1.82) is 5.26 Å². The van der Waals surface area contributed by atoms with Crippen LogP contribution in [0.3, 0.4) is 0 Å². The molecule has 1 amide bonds. The quantitative estimate of drug-likeness (QED) is 0.0313. The summed E-state index contributed by atoms with van der Waals surface area (Å²) in [5.41, 5.74) is 20.6. The van der Waals surface area contributed by atoms with E-state index in [0.29, 0.717) is 47.8 Å². The molecule has 3 aliphatic rings. The van der Waals surface area contributed by atoms with Crippen molar-refractivity contribution in [2.45, 2.75) is 84.2 Å². The highest BCUT2D eigenvalue weighted by atomic mass is 79.9. The molecule has 18 rings (SSSR count). The fourth-order valence-electron chi connectivity index (χ4n) is 14.8. The molecule has 0 radical (unpaired) electrons. The molecule has 12 aromatic carbocycles. The summed E-state index contributed by atoms with van der Waals surface area (Å²) in [5.74, 6) is 3.06. The van der Waals surface area contributed by atoms with Crippen molar-refractivity contribution in [3.63, 3.8) is 0 Å². The largest absolute Gasteiger partial charge is 0.488 e. The van der Waals surface area contributed by atoms with Crippen molar-refractivity contribution in [2.75, 3.05) is 44.6 Å². The van der Waals surface area contributed by atoms with E-state index in [9.17, 15) is 19.2 Å². The Morgan fingerprint density at radius 2 is 0.784 bits per heavy atom. The van der Waals surface area contributed by atoms with Crippen LogP contribution < -0.4 is 10.8 Å². The highest BCUT2D eigenvalue weighted by Gasteiger charge is 2.30. The van der Waals surface area contributed by atoms with Gasteiger partial charge in [0.25, 0.3) is 0 Å². The molecule has 0 saturated carbocycles. The Kier molecular flexibility index (Phi) is 33.7. The van der Waals surface area contributed by atoms with Gasteiger partial charge in [-0.2, -0.15) is 5.26 Å². The van der Waals surface area contributed by atoms with Crippen LogP contribution in [-0.4, -0.2) is 110 Å². The monoisotopic (exact) mass is 1720 g/mol. The summed E-state index contributed by atoms with van der Waals surface area (Å²) in [5, 5.41) is 30.4. The number of likely N-dealkylation sites (tertiary alicyclic amines) is 2. The number of halogens is 1. The summed E-state index contributed by atoms with van der Waals surface area (Å²) in [4.78, 5) is 64.0. The van der Waals surface area contributed by atoms with Crippen LogP contribution in [-0.2, 0) is 11.3 Å². The van der Waals surface area contributed by atoms with Crippen LogP contribution in [0.25, 0.3) is 89.4 Å². The lowest BCUT2D eigenvalue weighted by Gasteiger charge is -2.30. The number of ether oxygens (including phenoxy) is 1. The van der Waals surface area contributed by atoms with Crippen LogP contribution in [0, 0.1) is 11.5 Å². The number of piperidine rings is 3. The molecule has 125 heavy (non-hydrogen) atoms. The van der Waals surface area contributed by atoms with Gasteiger partial charge in [-0.25, -0.2) is 19.7 Å². The van der Waals surface area contributed by atoms with E-state index in [1.807, 2.05) is 200 Å². The molecule has 3 saturated heterocycles. The molecule has 0 spiro atoms. The third kappa shape index (κ3) is 26.2. The Morgan fingerprint density at radius 1 is 0.432 bits per heavy atom. The molecule has 19 heteroatoms. The maximum absolute atomic E-state index is 12.6. The molecule has 3 aliphatic heterocycles. The van der Waals surface area contributed by atoms with Gasteiger partial charge in [-0.1, -0.05) is 321 Å². The standard InChI is InChI=1S/C28H26N2O3.C21H19N3O.C20H20N2O.C14H11BrO.C14H12O.C8H9BO3.CH4/c31-28(33-19-21-9-3-1-4-10-21)30-16-8-15-25(18-30)27-29-26(20-32-27)24-14-7-13-23(17-24)22-11-5-2-6-12-22;22-15-24-11-5-10-19(13-24)21-23-20(14-25-21)18-9-4-8-17(12-18)16-6-2-1-3-7-16;1-2-6-15(7-3-1)16-8-4-9-17(12-16)19-14-23-20(22-19)18-10-5-11-21-13-18;15-10-14(16)13-8-4-7-12(9-13)11-5-2-1-3-6-11;1-11(15)13-8-5-9-14(10-13)12-6-3-2-4-7-12;1-6(10)7-3-2-4-8(5-7)9(11)12;/h1-7,9-14,17,20,25H,8,15-16,18-19H2;1-4,6-9,12,14,19H,5,10-11,13H2;1-4,6-9,12,14,18,21H,5,10-11,13H2;1-9H,10H2;2-10H,1H3;2-5,11-12H,1H3;1H4. The maximum atomic E-state index is 12.6. The van der Waals surface area contributed by atoms with Crippen molar-refractivity contribution in [3.8, 4) is 95.6 Å². The average molecular weight is 1720 g/mol. The lowest BCUT2D eigenvalue weighted by Crippen LogP contribution is -2.39. The van der Waals surface area contributed by atoms with Gasteiger partial charge in [0.1, 0.15) is 42.5 Å². The first-order chi connectivity index (χ1) is 60.7. The number of nitrogens with zero attached hydrogens (tertiary/aromatic N) is 6. The van der Waals surface area contributed by atoms with E-state index in [-0.39, 0.29) is 49.3 Å². The Hall–Kier alpha value is -13.7. The minimum Gasteiger partial charge on any atom is -0.448 e. The molecular weight excluding hydrogens is 1620 g/mol. The molecule has 630 valence electrons. The van der Waals surface area contributed by atoms with Gasteiger partial charge in [-0.05, 0) is 156 Å². The van der Waals surface area contributed by atoms with Gasteiger partial charge in [-0.3, -0.25) is 14.4 Å². The first kappa shape index (κ1) is 90.5. The number of ketones is 3. The van der Waals surface area contributed by atoms with E-state index in [0.717, 1.165) is 147 Å². The second-order valence-corrected chi connectivity index (χ2v) is 30.9. The van der Waals surface area contributed by atoms with Crippen molar-refractivity contribution in [3.05, 3.63) is 386 Å². The van der Waals surface area contributed by atoms with Crippen molar-refractivity contribution >= 4 is 52.0 Å². The molecule has 3 atom stereocenters. The maximum Gasteiger partial charge on any atom is 0.488 e. The molecule has 3 fully saturated rings. The van der Waals surface area contributed by atoms with Crippen LogP contribution in [0.1, 0.15) is 132 Å². The van der Waals surface area contributed by atoms with Gasteiger partial charge in [0, 0.05) is 72.0 Å². The van der Waals surface area contributed by atoms with E-state index in [1.165, 1.54) is 41.7 Å². The van der Waals surface area contributed by atoms with E-state index in [1.54, 1.807) is 53.7 Å². The highest BCUT2D eigenvalue weighted by molar-refractivity contribution is 9.09. The van der Waals surface area contributed by atoms with Gasteiger partial charge >= 0.3 is 13.2 Å². The summed E-state index contributed by atoms with van der Waals surface area (Å²) >= 11 is 3.18. The zero-order valence-corrected chi connectivity index (χ0v) is 70.9. The number of Topliss-reactive ketones (excluding diaryl/α,β-unsaturated/α-hetero) is 3. The SMILES string of the molecule is C.CC(=O)c1cccc(-c2ccccc2)c1.CC(=O)c1cccc(B(O)O)c1.N#CN1CCCC(c2nc(-c3cccc(-c4ccccc4)c3)co2)C1.O=C(CBr)c1cccc(-c2ccccc2)c1.O=C(OCc1ccccc1)N1CCCC(c2nc(-c3cccc(-c4ccccc4)c3)co2)C1.c1ccc(-c2cccc(-c3coc(C4CCCNC4)n3)c2)cc1. The number of amides is 1. The fourth-order valence-corrected chi connectivity index (χ4v) is 15.1. The van der Waals surface area contributed by atoms with Gasteiger partial charge in [0.2, 0.25) is 0 Å². The first-order valence-electron chi connectivity index (χ1n) is 41.7. The summed E-state index contributed by atoms with van der Waals surface area (Å²) < 4.78 is 22.9. The number of benzene rings is 12. The number of carbonyl (C=O) groups is 4. The third-order valence-electron chi connectivity index (χ3n) is 21.5. The highest BCUT2D eigenvalue weighted by Crippen LogP contribution is 2.35. The average Bonchev–Trinajstić information content (AvgIpc) is 1.71. The number of hydrogen-bond donors (Lipinski definition) is 3. The molecule has 3 unspecified atom stereocenters. The molecule has 0 aliphatic carbocycles. The molecule has 6 heterocycles. The lowest BCUT2D eigenvalue weighted by molar-refractivity contribution is 0.0838. The molecule has 0 bridgehead atoms. The van der Waals surface area contributed by atoms with E-state index < -0.39 is 7.12 Å². The Balaban J connectivity index is 0.000000141. The van der Waals surface area contributed by atoms with E-state index in [2.05, 4.69) is 131 Å². The van der Waals surface area contributed by atoms with Gasteiger partial charge in [0.05, 0.1) is 17.2 Å². The lowest BCUT2D eigenvalue weighted by atomic mass is 9.79. The minimum absolute atomic E-state index is 0. The van der Waals surface area contributed by atoms with Crippen molar-refractivity contribution < 1.29 is 47.2 Å². The summed E-state index contributed by atoms with van der Waals surface area (Å²) in [6, 6.07) is 108. The number of aromatic nitrogens is 3. The number of nitrogens with one attached hydrogen (secondary N) is 1. The third-order valence-corrected chi connectivity index (χ3v) is 22.0. The van der Waals surface area contributed by atoms with Crippen molar-refractivity contribution in [2.24, 2.45) is 0 Å². The summed E-state index contributed by atoms with van der Waals surface area (Å²) in [6.45, 7) is 8.14. The summed E-state index contributed by atoms with van der Waals surface area (Å²) in [6.07, 6.45) is 13.4. The number of alkyl halides is 1. The zero-order valence-electron chi connectivity index (χ0n) is 69.3. The van der Waals surface area contributed by atoms with E-state index in [4.69, 9.17) is 48.3 Å². The summed E-state index contributed by atoms with van der Waals surface area (Å²) in [7, 11) is -1.51. The van der Waals surface area contributed by atoms with Crippen LogP contribution in [0.5, 0.6) is 0 Å². The topological polar surface area (TPSA) is 238 Å². The van der Waals surface area contributed by atoms with E-state index >= 15 is 0 Å². The number of carbonyl (C=O) groups excluding carboxylic acids is 4. The van der Waals surface area contributed by atoms with Gasteiger partial charge < -0.3 is 43.2 Å². The van der Waals surface area contributed by atoms with Crippen molar-refractivity contribution in [1.82, 2.24) is 30.1 Å². The Morgan fingerprint density at radius 3 is 1.19 bits per heavy atom. The molecular formula is C106H101BBrN7O10. The second-order valence-electron chi connectivity index (χ2n) is 30.4. The molecule has 15 aromatic rings.